The molecule has 0 radical (unpaired) electrons. The molecule has 3 fully saturated rings. The van der Waals surface area contributed by atoms with E-state index in [-0.39, 0.29) is 29.0 Å². The van der Waals surface area contributed by atoms with Crippen LogP contribution in [0.5, 0.6) is 0 Å². The second kappa shape index (κ2) is 5.41. The number of hydrogen-bond acceptors (Lipinski definition) is 3. The Morgan fingerprint density at radius 2 is 1.96 bits per heavy atom. The van der Waals surface area contributed by atoms with Crippen LogP contribution in [0.15, 0.2) is 11.6 Å². The molecule has 4 rings (SSSR count). The quantitative estimate of drug-likeness (QED) is 0.723. The van der Waals surface area contributed by atoms with Crippen LogP contribution >= 0.6 is 0 Å². The summed E-state index contributed by atoms with van der Waals surface area (Å²) in [6.45, 7) is 6.33. The molecule has 0 bridgehead atoms. The number of rotatable bonds is 1. The molecule has 0 aromatic rings. The van der Waals surface area contributed by atoms with Crippen molar-refractivity contribution >= 4 is 5.78 Å². The Morgan fingerprint density at radius 1 is 1.21 bits per heavy atom. The zero-order valence-electron chi connectivity index (χ0n) is 15.3. The number of ketones is 1. The van der Waals surface area contributed by atoms with Gasteiger partial charge in [0.15, 0.2) is 0 Å². The van der Waals surface area contributed by atoms with Crippen LogP contribution in [-0.4, -0.2) is 28.2 Å². The molecule has 8 atom stereocenters. The van der Waals surface area contributed by atoms with Gasteiger partial charge in [0.25, 0.3) is 0 Å². The molecule has 0 amide bonds. The molecular formula is C21H32O3. The molecule has 4 aliphatic carbocycles. The Balaban J connectivity index is 1.71. The molecule has 3 saturated carbocycles. The fourth-order valence-electron chi connectivity index (χ4n) is 7.44. The lowest BCUT2D eigenvalue weighted by Crippen LogP contribution is -2.56. The summed E-state index contributed by atoms with van der Waals surface area (Å²) < 4.78 is 0. The van der Waals surface area contributed by atoms with Crippen LogP contribution in [0.1, 0.15) is 65.7 Å². The molecule has 0 saturated heterocycles. The molecule has 24 heavy (non-hydrogen) atoms. The average molecular weight is 332 g/mol. The van der Waals surface area contributed by atoms with E-state index in [2.05, 4.69) is 19.9 Å². The monoisotopic (exact) mass is 332 g/mol. The molecule has 134 valence electrons. The third kappa shape index (κ3) is 2.13. The van der Waals surface area contributed by atoms with Gasteiger partial charge in [-0.3, -0.25) is 4.79 Å². The van der Waals surface area contributed by atoms with Crippen molar-refractivity contribution in [3.05, 3.63) is 11.6 Å². The highest BCUT2D eigenvalue weighted by Gasteiger charge is 2.62. The maximum atomic E-state index is 12.2. The van der Waals surface area contributed by atoms with Crippen LogP contribution in [0.3, 0.4) is 0 Å². The van der Waals surface area contributed by atoms with E-state index in [4.69, 9.17) is 0 Å². The van der Waals surface area contributed by atoms with Gasteiger partial charge in [0.05, 0.1) is 12.2 Å². The predicted molar refractivity (Wildman–Crippen MR) is 93.3 cm³/mol. The number of aliphatic hydroxyl groups is 2. The first-order valence-electron chi connectivity index (χ1n) is 9.83. The number of carbonyl (C=O) groups excluding carboxylic acids is 1. The Bertz CT molecular complexity index is 582. The summed E-state index contributed by atoms with van der Waals surface area (Å²) in [6.07, 6.45) is 8.39. The number of hydrogen-bond donors (Lipinski definition) is 2. The molecule has 4 aliphatic rings. The largest absolute Gasteiger partial charge is 0.393 e. The second-order valence-electron chi connectivity index (χ2n) is 9.59. The highest BCUT2D eigenvalue weighted by atomic mass is 16.3. The number of Topliss-reactive ketones (excluding diaryl/α,β-unsaturated/α-hetero) is 1. The lowest BCUT2D eigenvalue weighted by Gasteiger charge is -2.59. The maximum Gasteiger partial charge on any atom is 0.133 e. The number of fused-ring (bicyclic) bond motifs is 5. The number of allylic oxidation sites excluding steroid dienone is 1. The summed E-state index contributed by atoms with van der Waals surface area (Å²) in [5, 5.41) is 21.3. The van der Waals surface area contributed by atoms with E-state index in [9.17, 15) is 15.0 Å². The minimum absolute atomic E-state index is 0.0255. The van der Waals surface area contributed by atoms with E-state index in [0.717, 1.165) is 44.9 Å². The van der Waals surface area contributed by atoms with Crippen LogP contribution < -0.4 is 0 Å². The van der Waals surface area contributed by atoms with Crippen molar-refractivity contribution in [1.29, 1.82) is 0 Å². The fourth-order valence-corrected chi connectivity index (χ4v) is 7.44. The third-order valence-electron chi connectivity index (χ3n) is 8.50. The van der Waals surface area contributed by atoms with Gasteiger partial charge in [-0.1, -0.05) is 25.5 Å². The molecule has 0 aliphatic heterocycles. The minimum atomic E-state index is -0.319. The van der Waals surface area contributed by atoms with E-state index < -0.39 is 0 Å². The van der Waals surface area contributed by atoms with Crippen molar-refractivity contribution in [3.63, 3.8) is 0 Å². The van der Waals surface area contributed by atoms with E-state index in [1.807, 2.05) is 0 Å². The van der Waals surface area contributed by atoms with Crippen LogP contribution in [0.4, 0.5) is 0 Å². The molecule has 2 N–H and O–H groups in total. The van der Waals surface area contributed by atoms with Gasteiger partial charge >= 0.3 is 0 Å². The molecule has 1 unspecified atom stereocenters. The SMILES string of the molecule is CC(=O)[C@H]1CC[C@H]2[C@@H]3CC=C4CC(O)CC[C@]4(C)[C@H]3[C@H](O)C[C@]12C. The molecule has 0 spiro atoms. The lowest BCUT2D eigenvalue weighted by atomic mass is 9.46. The molecule has 0 aromatic heterocycles. The summed E-state index contributed by atoms with van der Waals surface area (Å²) >= 11 is 0. The standard InChI is InChI=1S/C21H32O3/c1-12(22)16-6-7-17-15-5-4-13-10-14(23)8-9-20(13,2)19(15)18(24)11-21(16,17)3/h4,14-19,23-24H,5-11H2,1-3H3/t14?,15-,16+,17-,18+,19+,20-,21+/m0/s1. The van der Waals surface area contributed by atoms with Crippen molar-refractivity contribution < 1.29 is 15.0 Å². The Kier molecular flexibility index (Phi) is 3.78. The second-order valence-corrected chi connectivity index (χ2v) is 9.59. The van der Waals surface area contributed by atoms with Gasteiger partial charge < -0.3 is 10.2 Å². The molecule has 3 nitrogen and oxygen atoms in total. The van der Waals surface area contributed by atoms with Gasteiger partial charge in [-0.2, -0.15) is 0 Å². The summed E-state index contributed by atoms with van der Waals surface area (Å²) in [4.78, 5) is 12.2. The normalized spacial score (nSPS) is 53.6. The van der Waals surface area contributed by atoms with Crippen molar-refractivity contribution in [2.24, 2.45) is 34.5 Å². The first kappa shape index (κ1) is 16.8. The zero-order valence-corrected chi connectivity index (χ0v) is 15.3. The number of aliphatic hydroxyl groups excluding tert-OH is 2. The zero-order chi connectivity index (χ0) is 17.3. The van der Waals surface area contributed by atoms with Gasteiger partial charge in [-0.05, 0) is 80.5 Å². The Hall–Kier alpha value is -0.670. The minimum Gasteiger partial charge on any atom is -0.393 e. The van der Waals surface area contributed by atoms with Crippen molar-refractivity contribution in [2.75, 3.05) is 0 Å². The summed E-state index contributed by atoms with van der Waals surface area (Å²) in [6, 6.07) is 0. The fraction of sp³-hybridized carbons (Fsp3) is 0.857. The van der Waals surface area contributed by atoms with Crippen molar-refractivity contribution in [1.82, 2.24) is 0 Å². The Morgan fingerprint density at radius 3 is 2.67 bits per heavy atom. The summed E-state index contributed by atoms with van der Waals surface area (Å²) in [7, 11) is 0. The van der Waals surface area contributed by atoms with E-state index in [1.54, 1.807) is 6.92 Å². The molecular weight excluding hydrogens is 300 g/mol. The Labute approximate surface area is 145 Å². The van der Waals surface area contributed by atoms with E-state index in [0.29, 0.717) is 23.5 Å². The smallest absolute Gasteiger partial charge is 0.133 e. The van der Waals surface area contributed by atoms with Gasteiger partial charge in [-0.25, -0.2) is 0 Å². The van der Waals surface area contributed by atoms with E-state index in [1.165, 1.54) is 5.57 Å². The van der Waals surface area contributed by atoms with Crippen molar-refractivity contribution in [2.45, 2.75) is 77.9 Å². The first-order chi connectivity index (χ1) is 11.3. The number of carbonyl (C=O) groups is 1. The maximum absolute atomic E-state index is 12.2. The highest BCUT2D eigenvalue weighted by Crippen LogP contribution is 2.66. The van der Waals surface area contributed by atoms with Gasteiger partial charge in [0.2, 0.25) is 0 Å². The van der Waals surface area contributed by atoms with Gasteiger partial charge in [0.1, 0.15) is 5.78 Å². The summed E-state index contributed by atoms with van der Waals surface area (Å²) in [5.74, 6) is 1.79. The molecule has 0 heterocycles. The molecule has 0 aromatic carbocycles. The lowest BCUT2D eigenvalue weighted by molar-refractivity contribution is -0.140. The molecule has 3 heteroatoms. The van der Waals surface area contributed by atoms with E-state index >= 15 is 0 Å². The summed E-state index contributed by atoms with van der Waals surface area (Å²) in [5.41, 5.74) is 1.39. The first-order valence-corrected chi connectivity index (χ1v) is 9.83. The van der Waals surface area contributed by atoms with Crippen LogP contribution in [0, 0.1) is 34.5 Å². The van der Waals surface area contributed by atoms with Gasteiger partial charge in [0, 0.05) is 5.92 Å². The van der Waals surface area contributed by atoms with Crippen LogP contribution in [0.25, 0.3) is 0 Å². The predicted octanol–water partition coefficient (Wildman–Crippen LogP) is 3.49. The topological polar surface area (TPSA) is 57.5 Å². The van der Waals surface area contributed by atoms with Crippen molar-refractivity contribution in [3.8, 4) is 0 Å². The van der Waals surface area contributed by atoms with Crippen LogP contribution in [0.2, 0.25) is 0 Å². The van der Waals surface area contributed by atoms with Crippen LogP contribution in [-0.2, 0) is 4.79 Å². The van der Waals surface area contributed by atoms with Gasteiger partial charge in [-0.15, -0.1) is 0 Å². The highest BCUT2D eigenvalue weighted by molar-refractivity contribution is 5.79. The third-order valence-corrected chi connectivity index (χ3v) is 8.50. The average Bonchev–Trinajstić information content (AvgIpc) is 2.84.